The molecule has 5 nitrogen and oxygen atoms in total. The van der Waals surface area contributed by atoms with Gasteiger partial charge >= 0.3 is 0 Å². The zero-order valence-corrected chi connectivity index (χ0v) is 13.4. The predicted octanol–water partition coefficient (Wildman–Crippen LogP) is 3.43. The molecule has 2 aromatic heterocycles. The molecule has 0 spiro atoms. The lowest BCUT2D eigenvalue weighted by Gasteiger charge is -2.20. The first kappa shape index (κ1) is 15.7. The number of rotatable bonds is 6. The summed E-state index contributed by atoms with van der Waals surface area (Å²) in [7, 11) is 0. The zero-order valence-electron chi connectivity index (χ0n) is 13.4. The highest BCUT2D eigenvalue weighted by Crippen LogP contribution is 2.26. The van der Waals surface area contributed by atoms with Crippen molar-refractivity contribution < 1.29 is 4.79 Å². The first-order valence-electron chi connectivity index (χ1n) is 8.52. The van der Waals surface area contributed by atoms with E-state index in [2.05, 4.69) is 15.4 Å². The number of anilines is 1. The van der Waals surface area contributed by atoms with Crippen LogP contribution in [-0.4, -0.2) is 20.7 Å². The molecule has 1 amide bonds. The number of nitrogens with zero attached hydrogens (tertiary/aromatic N) is 3. The molecular formula is C18H24N4O. The summed E-state index contributed by atoms with van der Waals surface area (Å²) in [6.45, 7) is 0.794. The van der Waals surface area contributed by atoms with E-state index in [9.17, 15) is 4.79 Å². The van der Waals surface area contributed by atoms with E-state index >= 15 is 0 Å². The molecule has 3 rings (SSSR count). The molecule has 1 fully saturated rings. The summed E-state index contributed by atoms with van der Waals surface area (Å²) in [5.41, 5.74) is 1.23. The Hall–Kier alpha value is -2.17. The number of aryl methyl sites for hydroxylation is 2. The van der Waals surface area contributed by atoms with Gasteiger partial charge in [0.05, 0.1) is 0 Å². The van der Waals surface area contributed by atoms with E-state index < -0.39 is 0 Å². The van der Waals surface area contributed by atoms with Crippen LogP contribution in [0.3, 0.4) is 0 Å². The molecule has 0 unspecified atom stereocenters. The summed E-state index contributed by atoms with van der Waals surface area (Å²) in [5.74, 6) is 1.30. The van der Waals surface area contributed by atoms with Crippen molar-refractivity contribution in [2.24, 2.45) is 5.92 Å². The molecule has 0 aromatic carbocycles. The summed E-state index contributed by atoms with van der Waals surface area (Å²) in [5, 5.41) is 7.35. The summed E-state index contributed by atoms with van der Waals surface area (Å²) >= 11 is 0. The van der Waals surface area contributed by atoms with Crippen molar-refractivity contribution in [1.82, 2.24) is 14.8 Å². The molecule has 1 aliphatic carbocycles. The monoisotopic (exact) mass is 312 g/mol. The van der Waals surface area contributed by atoms with Gasteiger partial charge in [0, 0.05) is 37.6 Å². The Morgan fingerprint density at radius 2 is 1.96 bits per heavy atom. The predicted molar refractivity (Wildman–Crippen MR) is 90.0 cm³/mol. The maximum atomic E-state index is 12.1. The Balaban J connectivity index is 1.45. The van der Waals surface area contributed by atoms with Crippen molar-refractivity contribution >= 4 is 11.7 Å². The number of aromatic nitrogens is 3. The van der Waals surface area contributed by atoms with E-state index in [4.69, 9.17) is 0 Å². The first-order chi connectivity index (χ1) is 11.3. The molecule has 1 aliphatic rings. The Labute approximate surface area is 137 Å². The van der Waals surface area contributed by atoms with Crippen LogP contribution in [0.4, 0.5) is 5.82 Å². The lowest BCUT2D eigenvalue weighted by atomic mass is 9.87. The Kier molecular flexibility index (Phi) is 5.40. The second-order valence-corrected chi connectivity index (χ2v) is 6.33. The van der Waals surface area contributed by atoms with Gasteiger partial charge in [-0.1, -0.05) is 19.3 Å². The molecule has 0 atom stereocenters. The van der Waals surface area contributed by atoms with Crippen LogP contribution in [0.5, 0.6) is 0 Å². The fourth-order valence-corrected chi connectivity index (χ4v) is 3.19. The smallest absolute Gasteiger partial charge is 0.225 e. The van der Waals surface area contributed by atoms with Gasteiger partial charge in [0.15, 0.2) is 5.82 Å². The number of hydrogen-bond donors (Lipinski definition) is 1. The number of amides is 1. The Bertz CT molecular complexity index is 617. The summed E-state index contributed by atoms with van der Waals surface area (Å²) in [6, 6.07) is 5.89. The Morgan fingerprint density at radius 3 is 2.74 bits per heavy atom. The van der Waals surface area contributed by atoms with E-state index in [1.54, 1.807) is 12.4 Å². The molecule has 0 bridgehead atoms. The van der Waals surface area contributed by atoms with Gasteiger partial charge in [0.25, 0.3) is 0 Å². The molecule has 122 valence electrons. The van der Waals surface area contributed by atoms with E-state index in [0.717, 1.165) is 13.0 Å². The van der Waals surface area contributed by atoms with Crippen molar-refractivity contribution in [2.45, 2.75) is 51.5 Å². The van der Waals surface area contributed by atoms with Crippen molar-refractivity contribution in [3.05, 3.63) is 42.4 Å². The zero-order chi connectivity index (χ0) is 15.9. The topological polar surface area (TPSA) is 59.8 Å². The normalized spacial score (nSPS) is 15.5. The third kappa shape index (κ3) is 4.91. The molecule has 1 saturated carbocycles. The van der Waals surface area contributed by atoms with Crippen LogP contribution in [0.1, 0.15) is 44.1 Å². The molecule has 5 heteroatoms. The molecule has 2 heterocycles. The minimum absolute atomic E-state index is 0.0938. The standard InChI is InChI=1S/C18H24N4O/c23-18(14-16-4-2-1-3-5-16)20-17-9-13-22(21-17)12-8-15-6-10-19-11-7-15/h6-7,9-11,13,16H,1-5,8,12,14H2,(H,20,21,23). The van der Waals surface area contributed by atoms with Crippen molar-refractivity contribution in [2.75, 3.05) is 5.32 Å². The maximum Gasteiger partial charge on any atom is 0.225 e. The largest absolute Gasteiger partial charge is 0.309 e. The van der Waals surface area contributed by atoms with Gasteiger partial charge < -0.3 is 5.32 Å². The van der Waals surface area contributed by atoms with Gasteiger partial charge in [-0.2, -0.15) is 5.10 Å². The van der Waals surface area contributed by atoms with Crippen LogP contribution < -0.4 is 5.32 Å². The fourth-order valence-electron chi connectivity index (χ4n) is 3.19. The molecule has 1 N–H and O–H groups in total. The SMILES string of the molecule is O=C(CC1CCCCC1)Nc1ccn(CCc2ccncc2)n1. The van der Waals surface area contributed by atoms with E-state index in [0.29, 0.717) is 18.2 Å². The van der Waals surface area contributed by atoms with Gasteiger partial charge in [-0.25, -0.2) is 0 Å². The number of hydrogen-bond acceptors (Lipinski definition) is 3. The molecule has 23 heavy (non-hydrogen) atoms. The van der Waals surface area contributed by atoms with Gasteiger partial charge in [-0.3, -0.25) is 14.5 Å². The van der Waals surface area contributed by atoms with Gasteiger partial charge in [-0.05, 0) is 42.9 Å². The summed E-state index contributed by atoms with van der Waals surface area (Å²) in [6.07, 6.45) is 13.3. The maximum absolute atomic E-state index is 12.1. The van der Waals surface area contributed by atoms with E-state index in [1.807, 2.05) is 29.1 Å². The average Bonchev–Trinajstić information content (AvgIpc) is 3.02. The van der Waals surface area contributed by atoms with Crippen LogP contribution in [0.25, 0.3) is 0 Å². The number of pyridine rings is 1. The third-order valence-corrected chi connectivity index (χ3v) is 4.49. The lowest BCUT2D eigenvalue weighted by Crippen LogP contribution is -2.18. The number of carbonyl (C=O) groups excluding carboxylic acids is 1. The fraction of sp³-hybridized carbons (Fsp3) is 0.500. The minimum Gasteiger partial charge on any atom is -0.309 e. The molecule has 0 radical (unpaired) electrons. The van der Waals surface area contributed by atoms with Crippen molar-refractivity contribution in [1.29, 1.82) is 0 Å². The van der Waals surface area contributed by atoms with Crippen LogP contribution in [0, 0.1) is 5.92 Å². The van der Waals surface area contributed by atoms with E-state index in [1.165, 1.54) is 37.7 Å². The highest BCUT2D eigenvalue weighted by molar-refractivity contribution is 5.89. The quantitative estimate of drug-likeness (QED) is 0.889. The second-order valence-electron chi connectivity index (χ2n) is 6.33. The minimum atomic E-state index is 0.0938. The van der Waals surface area contributed by atoms with Gasteiger partial charge in [0.1, 0.15) is 0 Å². The highest BCUT2D eigenvalue weighted by Gasteiger charge is 2.17. The van der Waals surface area contributed by atoms with Gasteiger partial charge in [-0.15, -0.1) is 0 Å². The first-order valence-corrected chi connectivity index (χ1v) is 8.52. The number of nitrogens with one attached hydrogen (secondary N) is 1. The third-order valence-electron chi connectivity index (χ3n) is 4.49. The molecule has 0 saturated heterocycles. The van der Waals surface area contributed by atoms with Crippen LogP contribution in [0.2, 0.25) is 0 Å². The van der Waals surface area contributed by atoms with E-state index in [-0.39, 0.29) is 5.91 Å². The summed E-state index contributed by atoms with van der Waals surface area (Å²) < 4.78 is 1.87. The van der Waals surface area contributed by atoms with Crippen LogP contribution in [-0.2, 0) is 17.8 Å². The average molecular weight is 312 g/mol. The highest BCUT2D eigenvalue weighted by atomic mass is 16.1. The van der Waals surface area contributed by atoms with Crippen LogP contribution >= 0.6 is 0 Å². The molecule has 0 aliphatic heterocycles. The van der Waals surface area contributed by atoms with Gasteiger partial charge in [0.2, 0.25) is 5.91 Å². The lowest BCUT2D eigenvalue weighted by molar-refractivity contribution is -0.117. The van der Waals surface area contributed by atoms with Crippen molar-refractivity contribution in [3.63, 3.8) is 0 Å². The molecule has 2 aromatic rings. The summed E-state index contributed by atoms with van der Waals surface area (Å²) in [4.78, 5) is 16.1. The van der Waals surface area contributed by atoms with Crippen molar-refractivity contribution in [3.8, 4) is 0 Å². The Morgan fingerprint density at radius 1 is 1.17 bits per heavy atom. The van der Waals surface area contributed by atoms with Crippen LogP contribution in [0.15, 0.2) is 36.8 Å². The molecular weight excluding hydrogens is 288 g/mol. The number of carbonyl (C=O) groups is 1. The second kappa shape index (κ2) is 7.90.